The third-order valence-corrected chi connectivity index (χ3v) is 8.49. The number of aromatic nitrogens is 3. The van der Waals surface area contributed by atoms with Crippen LogP contribution in [0.2, 0.25) is 0 Å². The number of para-hydroxylation sites is 1. The fourth-order valence-electron chi connectivity index (χ4n) is 6.20. The van der Waals surface area contributed by atoms with Gasteiger partial charge in [-0.2, -0.15) is 0 Å². The summed E-state index contributed by atoms with van der Waals surface area (Å²) >= 11 is 0. The summed E-state index contributed by atoms with van der Waals surface area (Å²) in [4.78, 5) is 15.1. The number of nitrogens with zero attached hydrogens (tertiary/aromatic N) is 3. The first-order valence-electron chi connectivity index (χ1n) is 15.0. The van der Waals surface area contributed by atoms with Gasteiger partial charge in [-0.15, -0.1) is 0 Å². The van der Waals surface area contributed by atoms with Crippen LogP contribution >= 0.6 is 0 Å². The van der Waals surface area contributed by atoms with Crippen LogP contribution in [0.3, 0.4) is 0 Å². The lowest BCUT2D eigenvalue weighted by atomic mass is 10.0. The third-order valence-electron chi connectivity index (χ3n) is 8.49. The SMILES string of the molecule is c1ccc(-c2cccc3c2oc2cc(-c4nc(-c5ccc6ccccc6c5)nc(-c5ccc6ccccc6c5)n4)ccc23)cc1. The summed E-state index contributed by atoms with van der Waals surface area (Å²) in [5.74, 6) is 1.86. The Labute approximate surface area is 259 Å². The van der Waals surface area contributed by atoms with Gasteiger partial charge in [-0.25, -0.2) is 15.0 Å². The van der Waals surface area contributed by atoms with E-state index in [2.05, 4.69) is 140 Å². The zero-order valence-electron chi connectivity index (χ0n) is 24.2. The fourth-order valence-corrected chi connectivity index (χ4v) is 6.20. The average molecular weight is 576 g/mol. The summed E-state index contributed by atoms with van der Waals surface area (Å²) in [6.45, 7) is 0. The molecule has 2 aromatic heterocycles. The lowest BCUT2D eigenvalue weighted by Gasteiger charge is -2.10. The van der Waals surface area contributed by atoms with Gasteiger partial charge in [0.25, 0.3) is 0 Å². The van der Waals surface area contributed by atoms with Gasteiger partial charge >= 0.3 is 0 Å². The van der Waals surface area contributed by atoms with Crippen molar-refractivity contribution in [1.82, 2.24) is 15.0 Å². The highest BCUT2D eigenvalue weighted by atomic mass is 16.3. The van der Waals surface area contributed by atoms with Crippen molar-refractivity contribution in [3.05, 3.63) is 152 Å². The first kappa shape index (κ1) is 25.4. The van der Waals surface area contributed by atoms with Crippen LogP contribution in [0, 0.1) is 0 Å². The Hall–Kier alpha value is -6.13. The molecule has 0 amide bonds. The van der Waals surface area contributed by atoms with Crippen molar-refractivity contribution in [3.8, 4) is 45.3 Å². The fraction of sp³-hybridized carbons (Fsp3) is 0. The quantitative estimate of drug-likeness (QED) is 0.209. The number of hydrogen-bond donors (Lipinski definition) is 0. The molecule has 0 unspecified atom stereocenters. The number of fused-ring (bicyclic) bond motifs is 5. The molecule has 2 heterocycles. The van der Waals surface area contributed by atoms with Gasteiger partial charge in [-0.05, 0) is 51.4 Å². The van der Waals surface area contributed by atoms with E-state index in [1.807, 2.05) is 12.1 Å². The molecule has 45 heavy (non-hydrogen) atoms. The standard InChI is InChI=1S/C41H25N3O/c1-2-11-28(12-3-1)34-15-8-16-36-35-22-21-33(25-37(35)45-38(34)36)41-43-39(31-19-17-26-9-4-6-13-29(26)23-31)42-40(44-41)32-20-18-27-10-5-7-14-30(27)24-32/h1-25H. The Bertz CT molecular complexity index is 2450. The van der Waals surface area contributed by atoms with E-state index in [0.717, 1.165) is 60.5 Å². The highest BCUT2D eigenvalue weighted by Crippen LogP contribution is 2.37. The van der Waals surface area contributed by atoms with E-state index >= 15 is 0 Å². The molecular weight excluding hydrogens is 550 g/mol. The molecule has 0 spiro atoms. The molecule has 0 atom stereocenters. The highest BCUT2D eigenvalue weighted by molar-refractivity contribution is 6.10. The summed E-state index contributed by atoms with van der Waals surface area (Å²) in [5, 5.41) is 6.78. The lowest BCUT2D eigenvalue weighted by Crippen LogP contribution is -2.00. The van der Waals surface area contributed by atoms with Crippen LogP contribution < -0.4 is 0 Å². The molecule has 0 bridgehead atoms. The minimum atomic E-state index is 0.599. The van der Waals surface area contributed by atoms with Crippen LogP contribution in [0.1, 0.15) is 0 Å². The number of furan rings is 1. The Kier molecular flexibility index (Phi) is 5.78. The predicted molar refractivity (Wildman–Crippen MR) is 184 cm³/mol. The van der Waals surface area contributed by atoms with E-state index in [9.17, 15) is 0 Å². The largest absolute Gasteiger partial charge is 0.455 e. The van der Waals surface area contributed by atoms with Crippen LogP contribution in [0.15, 0.2) is 156 Å². The van der Waals surface area contributed by atoms with Crippen molar-refractivity contribution in [3.63, 3.8) is 0 Å². The van der Waals surface area contributed by atoms with Gasteiger partial charge in [0.1, 0.15) is 11.2 Å². The Morgan fingerprint density at radius 2 is 0.889 bits per heavy atom. The predicted octanol–water partition coefficient (Wildman–Crippen LogP) is 10.7. The van der Waals surface area contributed by atoms with E-state index in [0.29, 0.717) is 17.5 Å². The van der Waals surface area contributed by atoms with Crippen molar-refractivity contribution in [2.45, 2.75) is 0 Å². The lowest BCUT2D eigenvalue weighted by molar-refractivity contribution is 0.670. The van der Waals surface area contributed by atoms with Gasteiger partial charge in [0, 0.05) is 33.0 Å². The molecule has 4 nitrogen and oxygen atoms in total. The van der Waals surface area contributed by atoms with E-state index < -0.39 is 0 Å². The van der Waals surface area contributed by atoms with Crippen molar-refractivity contribution in [2.24, 2.45) is 0 Å². The van der Waals surface area contributed by atoms with Crippen LogP contribution in [0.25, 0.3) is 88.8 Å². The van der Waals surface area contributed by atoms with Crippen molar-refractivity contribution >= 4 is 43.5 Å². The van der Waals surface area contributed by atoms with Gasteiger partial charge in [0.05, 0.1) is 0 Å². The molecule has 0 aliphatic heterocycles. The van der Waals surface area contributed by atoms with Crippen molar-refractivity contribution in [2.75, 3.05) is 0 Å². The molecule has 0 saturated heterocycles. The summed E-state index contributed by atoms with van der Waals surface area (Å²) in [7, 11) is 0. The van der Waals surface area contributed by atoms with Crippen LogP contribution in [0.4, 0.5) is 0 Å². The summed E-state index contributed by atoms with van der Waals surface area (Å²) in [6, 6.07) is 52.3. The zero-order valence-corrected chi connectivity index (χ0v) is 24.2. The molecule has 0 aliphatic carbocycles. The Morgan fingerprint density at radius 1 is 0.356 bits per heavy atom. The second-order valence-electron chi connectivity index (χ2n) is 11.3. The minimum Gasteiger partial charge on any atom is -0.455 e. The molecule has 0 saturated carbocycles. The molecule has 0 radical (unpaired) electrons. The highest BCUT2D eigenvalue weighted by Gasteiger charge is 2.16. The molecule has 0 fully saturated rings. The molecule has 7 aromatic carbocycles. The van der Waals surface area contributed by atoms with Crippen LogP contribution in [-0.4, -0.2) is 15.0 Å². The first-order chi connectivity index (χ1) is 22.3. The second-order valence-corrected chi connectivity index (χ2v) is 11.3. The summed E-state index contributed by atoms with van der Waals surface area (Å²) in [5.41, 5.74) is 6.62. The molecule has 9 aromatic rings. The van der Waals surface area contributed by atoms with E-state index in [1.165, 1.54) is 10.8 Å². The van der Waals surface area contributed by atoms with E-state index in [1.54, 1.807) is 0 Å². The van der Waals surface area contributed by atoms with Gasteiger partial charge in [0.15, 0.2) is 17.5 Å². The number of benzene rings is 7. The summed E-state index contributed by atoms with van der Waals surface area (Å²) < 4.78 is 6.56. The molecular formula is C41H25N3O. The molecule has 4 heteroatoms. The normalized spacial score (nSPS) is 11.6. The number of hydrogen-bond acceptors (Lipinski definition) is 4. The Balaban J connectivity index is 1.23. The molecule has 0 N–H and O–H groups in total. The first-order valence-corrected chi connectivity index (χ1v) is 15.0. The van der Waals surface area contributed by atoms with Crippen molar-refractivity contribution in [1.29, 1.82) is 0 Å². The van der Waals surface area contributed by atoms with Gasteiger partial charge in [0.2, 0.25) is 0 Å². The summed E-state index contributed by atoms with van der Waals surface area (Å²) in [6.07, 6.45) is 0. The zero-order chi connectivity index (χ0) is 29.7. The molecule has 0 aliphatic rings. The van der Waals surface area contributed by atoms with Gasteiger partial charge < -0.3 is 4.42 Å². The molecule has 210 valence electrons. The molecule has 9 rings (SSSR count). The maximum Gasteiger partial charge on any atom is 0.164 e. The monoisotopic (exact) mass is 575 g/mol. The maximum absolute atomic E-state index is 6.56. The van der Waals surface area contributed by atoms with Gasteiger partial charge in [-0.3, -0.25) is 0 Å². The van der Waals surface area contributed by atoms with Crippen LogP contribution in [0.5, 0.6) is 0 Å². The topological polar surface area (TPSA) is 51.8 Å². The van der Waals surface area contributed by atoms with E-state index in [-0.39, 0.29) is 0 Å². The third kappa shape index (κ3) is 4.43. The Morgan fingerprint density at radius 3 is 1.51 bits per heavy atom. The van der Waals surface area contributed by atoms with Gasteiger partial charge in [-0.1, -0.05) is 127 Å². The van der Waals surface area contributed by atoms with Crippen LogP contribution in [-0.2, 0) is 0 Å². The maximum atomic E-state index is 6.56. The minimum absolute atomic E-state index is 0.599. The van der Waals surface area contributed by atoms with Crippen molar-refractivity contribution < 1.29 is 4.42 Å². The second kappa shape index (κ2) is 10.2. The smallest absolute Gasteiger partial charge is 0.164 e. The number of rotatable bonds is 4. The average Bonchev–Trinajstić information content (AvgIpc) is 3.49. The van der Waals surface area contributed by atoms with E-state index in [4.69, 9.17) is 19.4 Å².